The van der Waals surface area contributed by atoms with E-state index in [0.717, 1.165) is 24.5 Å². The fourth-order valence-electron chi connectivity index (χ4n) is 2.43. The van der Waals surface area contributed by atoms with Crippen molar-refractivity contribution >= 4 is 22.4 Å². The van der Waals surface area contributed by atoms with Gasteiger partial charge in [0.05, 0.1) is 0 Å². The van der Waals surface area contributed by atoms with Crippen LogP contribution < -0.4 is 5.32 Å². The minimum absolute atomic E-state index is 0.786. The predicted octanol–water partition coefficient (Wildman–Crippen LogP) is 4.22. The van der Waals surface area contributed by atoms with Gasteiger partial charge in [-0.05, 0) is 41.6 Å². The highest BCUT2D eigenvalue weighted by molar-refractivity contribution is 6.30. The lowest BCUT2D eigenvalue weighted by molar-refractivity contribution is 0.688. The van der Waals surface area contributed by atoms with Crippen LogP contribution in [0.2, 0.25) is 5.02 Å². The van der Waals surface area contributed by atoms with Gasteiger partial charge in [-0.15, -0.1) is 0 Å². The van der Waals surface area contributed by atoms with E-state index >= 15 is 0 Å². The Morgan fingerprint density at radius 3 is 2.62 bits per heavy atom. The van der Waals surface area contributed by atoms with Crippen LogP contribution in [0.5, 0.6) is 0 Å². The zero-order valence-electron chi connectivity index (χ0n) is 11.7. The molecule has 21 heavy (non-hydrogen) atoms. The summed E-state index contributed by atoms with van der Waals surface area (Å²) in [5, 5.41) is 6.73. The van der Waals surface area contributed by atoms with Crippen molar-refractivity contribution in [2.45, 2.75) is 13.0 Å². The highest BCUT2D eigenvalue weighted by Gasteiger charge is 2.00. The van der Waals surface area contributed by atoms with E-state index in [0.29, 0.717) is 0 Å². The van der Waals surface area contributed by atoms with Gasteiger partial charge in [-0.25, -0.2) is 0 Å². The number of fused-ring (bicyclic) bond motifs is 1. The number of hydrogen-bond donors (Lipinski definition) is 1. The van der Waals surface area contributed by atoms with Crippen LogP contribution in [0.3, 0.4) is 0 Å². The molecule has 2 nitrogen and oxygen atoms in total. The molecule has 2 aromatic carbocycles. The molecule has 3 rings (SSSR count). The van der Waals surface area contributed by atoms with E-state index in [1.54, 1.807) is 0 Å². The average Bonchev–Trinajstić information content (AvgIpc) is 2.53. The summed E-state index contributed by atoms with van der Waals surface area (Å²) in [4.78, 5) is 4.30. The van der Waals surface area contributed by atoms with Crippen LogP contribution in [0.15, 0.2) is 60.9 Å². The summed E-state index contributed by atoms with van der Waals surface area (Å²) >= 11 is 5.89. The summed E-state index contributed by atoms with van der Waals surface area (Å²) in [6.45, 7) is 1.77. The van der Waals surface area contributed by atoms with Crippen LogP contribution in [-0.2, 0) is 13.0 Å². The van der Waals surface area contributed by atoms with Crippen molar-refractivity contribution in [3.63, 3.8) is 0 Å². The minimum Gasteiger partial charge on any atom is -0.312 e. The molecule has 0 amide bonds. The van der Waals surface area contributed by atoms with E-state index in [9.17, 15) is 0 Å². The Morgan fingerprint density at radius 2 is 1.76 bits per heavy atom. The number of pyridine rings is 1. The molecular weight excluding hydrogens is 280 g/mol. The number of aromatic nitrogens is 1. The van der Waals surface area contributed by atoms with Crippen LogP contribution in [0.1, 0.15) is 11.1 Å². The molecule has 0 fully saturated rings. The molecule has 0 atom stereocenters. The molecule has 0 radical (unpaired) electrons. The zero-order valence-corrected chi connectivity index (χ0v) is 12.5. The molecule has 1 aromatic heterocycles. The number of benzene rings is 2. The second-order valence-corrected chi connectivity index (χ2v) is 5.51. The first kappa shape index (κ1) is 14.1. The van der Waals surface area contributed by atoms with Crippen molar-refractivity contribution in [1.82, 2.24) is 10.3 Å². The SMILES string of the molecule is Clc1ccc(CCNCc2cncc3ccccc23)cc1. The van der Waals surface area contributed by atoms with E-state index in [1.807, 2.05) is 30.6 Å². The predicted molar refractivity (Wildman–Crippen MR) is 88.6 cm³/mol. The van der Waals surface area contributed by atoms with Gasteiger partial charge in [-0.3, -0.25) is 4.98 Å². The van der Waals surface area contributed by atoms with E-state index in [-0.39, 0.29) is 0 Å². The number of nitrogens with zero attached hydrogens (tertiary/aromatic N) is 1. The summed E-state index contributed by atoms with van der Waals surface area (Å²) in [6.07, 6.45) is 4.85. The summed E-state index contributed by atoms with van der Waals surface area (Å²) < 4.78 is 0. The molecular formula is C18H17ClN2. The fourth-order valence-corrected chi connectivity index (χ4v) is 2.55. The second-order valence-electron chi connectivity index (χ2n) is 5.07. The van der Waals surface area contributed by atoms with Crippen LogP contribution in [-0.4, -0.2) is 11.5 Å². The number of halogens is 1. The highest BCUT2D eigenvalue weighted by atomic mass is 35.5. The minimum atomic E-state index is 0.786. The lowest BCUT2D eigenvalue weighted by Crippen LogP contribution is -2.17. The molecule has 0 spiro atoms. The summed E-state index contributed by atoms with van der Waals surface area (Å²) in [6, 6.07) is 16.4. The number of nitrogens with one attached hydrogen (secondary N) is 1. The van der Waals surface area contributed by atoms with E-state index < -0.39 is 0 Å². The molecule has 3 aromatic rings. The zero-order chi connectivity index (χ0) is 14.5. The van der Waals surface area contributed by atoms with E-state index in [1.165, 1.54) is 21.9 Å². The highest BCUT2D eigenvalue weighted by Crippen LogP contribution is 2.16. The van der Waals surface area contributed by atoms with Crippen molar-refractivity contribution in [3.8, 4) is 0 Å². The van der Waals surface area contributed by atoms with Crippen LogP contribution in [0.4, 0.5) is 0 Å². The standard InChI is InChI=1S/C18H17ClN2/c19-17-7-5-14(6-8-17)9-10-20-12-16-13-21-11-15-3-1-2-4-18(15)16/h1-8,11,13,20H,9-10,12H2. The summed E-state index contributed by atoms with van der Waals surface area (Å²) in [7, 11) is 0. The molecule has 0 bridgehead atoms. The molecule has 0 saturated heterocycles. The molecule has 1 N–H and O–H groups in total. The van der Waals surface area contributed by atoms with Gasteiger partial charge in [0, 0.05) is 29.3 Å². The molecule has 106 valence electrons. The molecule has 0 aliphatic rings. The van der Waals surface area contributed by atoms with Gasteiger partial charge in [0.1, 0.15) is 0 Å². The Balaban J connectivity index is 1.58. The Labute approximate surface area is 129 Å². The lowest BCUT2D eigenvalue weighted by atomic mass is 10.1. The fraction of sp³-hybridized carbons (Fsp3) is 0.167. The van der Waals surface area contributed by atoms with Gasteiger partial charge in [0.2, 0.25) is 0 Å². The Hall–Kier alpha value is -1.90. The third-order valence-electron chi connectivity index (χ3n) is 3.57. The molecule has 0 saturated carbocycles. The Bertz CT molecular complexity index is 717. The monoisotopic (exact) mass is 296 g/mol. The smallest absolute Gasteiger partial charge is 0.0406 e. The van der Waals surface area contributed by atoms with Crippen LogP contribution in [0, 0.1) is 0 Å². The maximum atomic E-state index is 5.89. The van der Waals surface area contributed by atoms with Crippen molar-refractivity contribution in [2.75, 3.05) is 6.54 Å². The second kappa shape index (κ2) is 6.70. The summed E-state index contributed by atoms with van der Waals surface area (Å²) in [5.74, 6) is 0. The van der Waals surface area contributed by atoms with Gasteiger partial charge < -0.3 is 5.32 Å². The molecule has 0 aliphatic heterocycles. The molecule has 0 aliphatic carbocycles. The van der Waals surface area contributed by atoms with Gasteiger partial charge in [-0.1, -0.05) is 48.0 Å². The van der Waals surface area contributed by atoms with Gasteiger partial charge in [-0.2, -0.15) is 0 Å². The normalized spacial score (nSPS) is 10.9. The lowest BCUT2D eigenvalue weighted by Gasteiger charge is -2.08. The Kier molecular flexibility index (Phi) is 4.49. The number of hydrogen-bond acceptors (Lipinski definition) is 2. The van der Waals surface area contributed by atoms with Gasteiger partial charge in [0.15, 0.2) is 0 Å². The van der Waals surface area contributed by atoms with Crippen molar-refractivity contribution in [3.05, 3.63) is 77.1 Å². The average molecular weight is 297 g/mol. The van der Waals surface area contributed by atoms with Crippen molar-refractivity contribution in [2.24, 2.45) is 0 Å². The first-order valence-electron chi connectivity index (χ1n) is 7.10. The van der Waals surface area contributed by atoms with E-state index in [2.05, 4.69) is 40.6 Å². The van der Waals surface area contributed by atoms with Crippen molar-refractivity contribution < 1.29 is 0 Å². The van der Waals surface area contributed by atoms with Gasteiger partial charge >= 0.3 is 0 Å². The maximum Gasteiger partial charge on any atom is 0.0406 e. The third-order valence-corrected chi connectivity index (χ3v) is 3.82. The third kappa shape index (κ3) is 3.60. The molecule has 0 unspecified atom stereocenters. The first-order chi connectivity index (χ1) is 10.3. The topological polar surface area (TPSA) is 24.9 Å². The molecule has 1 heterocycles. The quantitative estimate of drug-likeness (QED) is 0.713. The number of rotatable bonds is 5. The maximum absolute atomic E-state index is 5.89. The van der Waals surface area contributed by atoms with Gasteiger partial charge in [0.25, 0.3) is 0 Å². The Morgan fingerprint density at radius 1 is 0.952 bits per heavy atom. The first-order valence-corrected chi connectivity index (χ1v) is 7.47. The van der Waals surface area contributed by atoms with Crippen molar-refractivity contribution in [1.29, 1.82) is 0 Å². The van der Waals surface area contributed by atoms with E-state index in [4.69, 9.17) is 11.6 Å². The molecule has 3 heteroatoms. The van der Waals surface area contributed by atoms with Crippen LogP contribution in [0.25, 0.3) is 10.8 Å². The largest absolute Gasteiger partial charge is 0.312 e. The van der Waals surface area contributed by atoms with Crippen LogP contribution >= 0.6 is 11.6 Å². The summed E-state index contributed by atoms with van der Waals surface area (Å²) in [5.41, 5.74) is 2.53.